The number of hydrogen-bond acceptors (Lipinski definition) is 5. The van der Waals surface area contributed by atoms with Crippen molar-refractivity contribution in [3.63, 3.8) is 0 Å². The number of pyridine rings is 1. The van der Waals surface area contributed by atoms with Gasteiger partial charge in [0.15, 0.2) is 0 Å². The molecule has 2 saturated heterocycles. The summed E-state index contributed by atoms with van der Waals surface area (Å²) in [5.41, 5.74) is 2.82. The molecule has 3 aromatic rings. The first-order chi connectivity index (χ1) is 14.7. The summed E-state index contributed by atoms with van der Waals surface area (Å²) in [5, 5.41) is 3.40. The minimum absolute atomic E-state index is 0.148. The summed E-state index contributed by atoms with van der Waals surface area (Å²) in [6, 6.07) is 12.4. The average Bonchev–Trinajstić information content (AvgIpc) is 3.50. The first kappa shape index (κ1) is 19.5. The molecule has 1 aromatic carbocycles. The van der Waals surface area contributed by atoms with Crippen molar-refractivity contribution in [2.24, 2.45) is 0 Å². The van der Waals surface area contributed by atoms with Crippen molar-refractivity contribution < 1.29 is 4.79 Å². The molecule has 5 rings (SSSR count). The zero-order valence-electron chi connectivity index (χ0n) is 17.5. The van der Waals surface area contributed by atoms with Gasteiger partial charge in [-0.15, -0.1) is 11.3 Å². The molecule has 156 valence electrons. The summed E-state index contributed by atoms with van der Waals surface area (Å²) in [4.78, 5) is 24.6. The summed E-state index contributed by atoms with van der Waals surface area (Å²) in [5.74, 6) is 1.25. The Morgan fingerprint density at radius 3 is 2.43 bits per heavy atom. The van der Waals surface area contributed by atoms with Gasteiger partial charge in [-0.2, -0.15) is 0 Å². The zero-order valence-corrected chi connectivity index (χ0v) is 18.3. The number of likely N-dealkylation sites (tertiary alicyclic amines) is 1. The van der Waals surface area contributed by atoms with E-state index in [1.807, 2.05) is 29.2 Å². The van der Waals surface area contributed by atoms with E-state index in [0.717, 1.165) is 81.3 Å². The van der Waals surface area contributed by atoms with E-state index >= 15 is 0 Å². The number of amides is 1. The van der Waals surface area contributed by atoms with E-state index in [-0.39, 0.29) is 5.91 Å². The van der Waals surface area contributed by atoms with Crippen LogP contribution in [0.4, 0.5) is 5.82 Å². The molecule has 0 spiro atoms. The van der Waals surface area contributed by atoms with Gasteiger partial charge in [-0.3, -0.25) is 4.79 Å². The smallest absolute Gasteiger partial charge is 0.253 e. The number of piperazine rings is 1. The van der Waals surface area contributed by atoms with Crippen LogP contribution in [0.15, 0.2) is 41.8 Å². The molecule has 1 amide bonds. The fourth-order valence-corrected chi connectivity index (χ4v) is 5.38. The number of hydrogen-bond donors (Lipinski definition) is 0. The van der Waals surface area contributed by atoms with E-state index in [2.05, 4.69) is 34.2 Å². The molecule has 0 radical (unpaired) electrons. The van der Waals surface area contributed by atoms with Gasteiger partial charge in [-0.05, 0) is 54.4 Å². The molecular weight excluding hydrogens is 392 g/mol. The maximum absolute atomic E-state index is 12.6. The maximum atomic E-state index is 12.6. The Balaban J connectivity index is 1.44. The van der Waals surface area contributed by atoms with Crippen LogP contribution in [-0.4, -0.2) is 66.5 Å². The molecular formula is C24H28N4OS. The Bertz CT molecular complexity index is 1030. The second-order valence-electron chi connectivity index (χ2n) is 8.17. The number of anilines is 1. The molecule has 2 fully saturated rings. The van der Waals surface area contributed by atoms with Crippen LogP contribution in [-0.2, 0) is 0 Å². The van der Waals surface area contributed by atoms with E-state index in [1.165, 1.54) is 10.1 Å². The normalized spacial score (nSPS) is 17.8. The predicted molar refractivity (Wildman–Crippen MR) is 125 cm³/mol. The van der Waals surface area contributed by atoms with Gasteiger partial charge in [0.05, 0.1) is 10.4 Å². The molecule has 0 aliphatic carbocycles. The van der Waals surface area contributed by atoms with Crippen molar-refractivity contribution in [3.05, 3.63) is 47.3 Å². The van der Waals surface area contributed by atoms with Crippen LogP contribution in [0.1, 0.15) is 30.1 Å². The van der Waals surface area contributed by atoms with Crippen molar-refractivity contribution in [1.29, 1.82) is 0 Å². The van der Waals surface area contributed by atoms with E-state index in [4.69, 9.17) is 4.98 Å². The first-order valence-corrected chi connectivity index (χ1v) is 11.9. The molecule has 4 heterocycles. The van der Waals surface area contributed by atoms with Gasteiger partial charge in [-0.25, -0.2) is 4.98 Å². The quantitative estimate of drug-likeness (QED) is 0.629. The number of fused-ring (bicyclic) bond motifs is 1. The third-order valence-electron chi connectivity index (χ3n) is 6.36. The standard InChI is InChI=1S/C24H28N4OS/c1-2-26-12-14-27(15-13-26)23-22-20(9-16-30-22)17-21(25-23)18-5-7-19(8-6-18)24(29)28-10-3-4-11-28/h5-9,16-17H,2-4,10-15H2,1H3. The van der Waals surface area contributed by atoms with Crippen LogP contribution >= 0.6 is 11.3 Å². The van der Waals surface area contributed by atoms with Gasteiger partial charge in [-0.1, -0.05) is 19.1 Å². The van der Waals surface area contributed by atoms with Gasteiger partial charge in [0.1, 0.15) is 5.82 Å². The Hall–Kier alpha value is -2.44. The summed E-state index contributed by atoms with van der Waals surface area (Å²) in [7, 11) is 0. The van der Waals surface area contributed by atoms with Crippen molar-refractivity contribution in [2.75, 3.05) is 50.7 Å². The molecule has 0 bridgehead atoms. The second kappa shape index (κ2) is 8.36. The van der Waals surface area contributed by atoms with E-state index in [0.29, 0.717) is 0 Å². The highest BCUT2D eigenvalue weighted by molar-refractivity contribution is 7.17. The fourth-order valence-electron chi connectivity index (χ4n) is 4.48. The Morgan fingerprint density at radius 2 is 1.73 bits per heavy atom. The Morgan fingerprint density at radius 1 is 1.00 bits per heavy atom. The van der Waals surface area contributed by atoms with Gasteiger partial charge < -0.3 is 14.7 Å². The summed E-state index contributed by atoms with van der Waals surface area (Å²) >= 11 is 1.77. The van der Waals surface area contributed by atoms with Crippen LogP contribution < -0.4 is 4.90 Å². The third-order valence-corrected chi connectivity index (χ3v) is 7.28. The zero-order chi connectivity index (χ0) is 20.5. The molecule has 30 heavy (non-hydrogen) atoms. The van der Waals surface area contributed by atoms with Crippen molar-refractivity contribution in [1.82, 2.24) is 14.8 Å². The lowest BCUT2D eigenvalue weighted by Gasteiger charge is -2.35. The number of carbonyl (C=O) groups is 1. The Kier molecular flexibility index (Phi) is 5.44. The van der Waals surface area contributed by atoms with Crippen molar-refractivity contribution in [3.8, 4) is 11.3 Å². The summed E-state index contributed by atoms with van der Waals surface area (Å²) < 4.78 is 1.27. The maximum Gasteiger partial charge on any atom is 0.253 e. The number of rotatable bonds is 4. The number of nitrogens with zero attached hydrogens (tertiary/aromatic N) is 4. The molecule has 0 saturated carbocycles. The third kappa shape index (κ3) is 3.70. The van der Waals surface area contributed by atoms with Crippen LogP contribution in [0.5, 0.6) is 0 Å². The second-order valence-corrected chi connectivity index (χ2v) is 9.08. The number of thiophene rings is 1. The highest BCUT2D eigenvalue weighted by Crippen LogP contribution is 2.34. The minimum atomic E-state index is 0.148. The van der Waals surface area contributed by atoms with Gasteiger partial charge >= 0.3 is 0 Å². The minimum Gasteiger partial charge on any atom is -0.353 e. The number of likely N-dealkylation sites (N-methyl/N-ethyl adjacent to an activating group) is 1. The predicted octanol–water partition coefficient (Wildman–Crippen LogP) is 4.34. The number of carbonyl (C=O) groups excluding carboxylic acids is 1. The monoisotopic (exact) mass is 420 g/mol. The molecule has 5 nitrogen and oxygen atoms in total. The van der Waals surface area contributed by atoms with Crippen LogP contribution in [0, 0.1) is 0 Å². The lowest BCUT2D eigenvalue weighted by Crippen LogP contribution is -2.46. The van der Waals surface area contributed by atoms with Gasteiger partial charge in [0, 0.05) is 50.4 Å². The van der Waals surface area contributed by atoms with E-state index < -0.39 is 0 Å². The lowest BCUT2D eigenvalue weighted by atomic mass is 10.1. The van der Waals surface area contributed by atoms with Crippen LogP contribution in [0.3, 0.4) is 0 Å². The molecule has 0 unspecified atom stereocenters. The molecule has 0 N–H and O–H groups in total. The van der Waals surface area contributed by atoms with Crippen LogP contribution in [0.2, 0.25) is 0 Å². The molecule has 2 aliphatic rings. The lowest BCUT2D eigenvalue weighted by molar-refractivity contribution is 0.0793. The number of aromatic nitrogens is 1. The van der Waals surface area contributed by atoms with Gasteiger partial charge in [0.25, 0.3) is 5.91 Å². The van der Waals surface area contributed by atoms with E-state index in [1.54, 1.807) is 11.3 Å². The van der Waals surface area contributed by atoms with Gasteiger partial charge in [0.2, 0.25) is 0 Å². The van der Waals surface area contributed by atoms with Crippen molar-refractivity contribution >= 4 is 33.1 Å². The highest BCUT2D eigenvalue weighted by atomic mass is 32.1. The SMILES string of the molecule is CCN1CCN(c2nc(-c3ccc(C(=O)N4CCCC4)cc3)cc3ccsc23)CC1. The summed E-state index contributed by atoms with van der Waals surface area (Å²) in [6.45, 7) is 9.30. The topological polar surface area (TPSA) is 39.7 Å². The Labute approximate surface area is 181 Å². The first-order valence-electron chi connectivity index (χ1n) is 11.0. The molecule has 6 heteroatoms. The average molecular weight is 421 g/mol. The molecule has 2 aromatic heterocycles. The van der Waals surface area contributed by atoms with Crippen LogP contribution in [0.25, 0.3) is 21.3 Å². The largest absolute Gasteiger partial charge is 0.353 e. The highest BCUT2D eigenvalue weighted by Gasteiger charge is 2.21. The van der Waals surface area contributed by atoms with Crippen molar-refractivity contribution in [2.45, 2.75) is 19.8 Å². The number of benzene rings is 1. The van der Waals surface area contributed by atoms with E-state index in [9.17, 15) is 4.79 Å². The molecule has 2 aliphatic heterocycles. The fraction of sp³-hybridized carbons (Fsp3) is 0.417. The molecule has 0 atom stereocenters. The summed E-state index contributed by atoms with van der Waals surface area (Å²) in [6.07, 6.45) is 2.23.